The fraction of sp³-hybridized carbons (Fsp3) is 0.481. The van der Waals surface area contributed by atoms with Gasteiger partial charge in [-0.25, -0.2) is 0 Å². The fourth-order valence-electron chi connectivity index (χ4n) is 5.55. The highest BCUT2D eigenvalue weighted by molar-refractivity contribution is 6.23. The van der Waals surface area contributed by atoms with E-state index in [1.54, 1.807) is 18.5 Å². The second-order valence-electron chi connectivity index (χ2n) is 9.66. The van der Waals surface area contributed by atoms with Gasteiger partial charge in [-0.3, -0.25) is 24.3 Å². The fourth-order valence-corrected chi connectivity index (χ4v) is 5.55. The van der Waals surface area contributed by atoms with E-state index in [-0.39, 0.29) is 24.3 Å². The third kappa shape index (κ3) is 4.56. The molecule has 0 atom stereocenters. The molecular formula is C27H32N4O3. The van der Waals surface area contributed by atoms with E-state index in [4.69, 9.17) is 0 Å². The van der Waals surface area contributed by atoms with E-state index >= 15 is 0 Å². The Morgan fingerprint density at radius 3 is 2.38 bits per heavy atom. The van der Waals surface area contributed by atoms with Gasteiger partial charge in [-0.05, 0) is 42.2 Å². The summed E-state index contributed by atoms with van der Waals surface area (Å²) in [6.07, 6.45) is 11.5. The topological polar surface area (TPSA) is 73.8 Å². The molecule has 3 amide bonds. The Kier molecular flexibility index (Phi) is 6.61. The number of imide groups is 1. The Hall–Kier alpha value is -3.22. The molecule has 34 heavy (non-hydrogen) atoms. The molecule has 0 spiro atoms. The third-order valence-corrected chi connectivity index (χ3v) is 7.53. The number of carbonyl (C=O) groups is 3. The van der Waals surface area contributed by atoms with Gasteiger partial charge in [0.05, 0.1) is 23.4 Å². The van der Waals surface area contributed by atoms with E-state index < -0.39 is 0 Å². The molecule has 1 saturated heterocycles. The van der Waals surface area contributed by atoms with Gasteiger partial charge in [0.2, 0.25) is 5.91 Å². The van der Waals surface area contributed by atoms with Crippen molar-refractivity contribution in [2.45, 2.75) is 51.5 Å². The maximum Gasteiger partial charge on any atom is 0.263 e. The predicted octanol–water partition coefficient (Wildman–Crippen LogP) is 3.89. The summed E-state index contributed by atoms with van der Waals surface area (Å²) in [6.45, 7) is 2.86. The molecule has 7 nitrogen and oxygen atoms in total. The number of pyridine rings is 1. The molecule has 7 heteroatoms. The van der Waals surface area contributed by atoms with Gasteiger partial charge in [-0.15, -0.1) is 0 Å². The highest BCUT2D eigenvalue weighted by atomic mass is 16.2. The Labute approximate surface area is 200 Å². The Morgan fingerprint density at radius 1 is 0.912 bits per heavy atom. The normalized spacial score (nSPS) is 19.0. The smallest absolute Gasteiger partial charge is 0.263 e. The van der Waals surface area contributed by atoms with Crippen LogP contribution in [0.15, 0.2) is 42.7 Å². The number of hydrogen-bond acceptors (Lipinski definition) is 5. The molecular weight excluding hydrogens is 428 g/mol. The van der Waals surface area contributed by atoms with Crippen molar-refractivity contribution in [2.75, 3.05) is 31.1 Å². The number of rotatable bonds is 6. The predicted molar refractivity (Wildman–Crippen MR) is 129 cm³/mol. The second-order valence-corrected chi connectivity index (χ2v) is 9.66. The van der Waals surface area contributed by atoms with Crippen LogP contribution in [0.5, 0.6) is 0 Å². The largest absolute Gasteiger partial charge is 0.367 e. The molecule has 3 heterocycles. The lowest BCUT2D eigenvalue weighted by atomic mass is 9.86. The number of benzene rings is 1. The van der Waals surface area contributed by atoms with Crippen LogP contribution in [0, 0.1) is 5.92 Å². The summed E-state index contributed by atoms with van der Waals surface area (Å²) >= 11 is 0. The summed E-state index contributed by atoms with van der Waals surface area (Å²) < 4.78 is 0. The van der Waals surface area contributed by atoms with Gasteiger partial charge >= 0.3 is 0 Å². The van der Waals surface area contributed by atoms with E-state index in [1.165, 1.54) is 37.0 Å². The van der Waals surface area contributed by atoms with Crippen molar-refractivity contribution >= 4 is 23.4 Å². The van der Waals surface area contributed by atoms with Crippen molar-refractivity contribution < 1.29 is 14.4 Å². The first-order valence-electron chi connectivity index (χ1n) is 12.5. The van der Waals surface area contributed by atoms with Crippen LogP contribution < -0.4 is 4.90 Å². The van der Waals surface area contributed by atoms with Crippen molar-refractivity contribution in [1.82, 2.24) is 14.8 Å². The summed E-state index contributed by atoms with van der Waals surface area (Å²) in [5, 5.41) is 0. The SMILES string of the molecule is O=C(CCC1CCCCC1)N1CCN(c2cccc3c2C(=O)N(Cc2ccncc2)C3=O)CC1. The number of aromatic nitrogens is 1. The monoisotopic (exact) mass is 460 g/mol. The maximum atomic E-state index is 13.3. The molecule has 2 aromatic rings. The molecule has 0 bridgehead atoms. The first-order chi connectivity index (χ1) is 16.6. The average Bonchev–Trinajstić information content (AvgIpc) is 3.13. The van der Waals surface area contributed by atoms with E-state index in [0.29, 0.717) is 49.6 Å². The number of amides is 3. The lowest BCUT2D eigenvalue weighted by molar-refractivity contribution is -0.131. The van der Waals surface area contributed by atoms with Gasteiger partial charge in [0.15, 0.2) is 0 Å². The quantitative estimate of drug-likeness (QED) is 0.612. The Morgan fingerprint density at radius 2 is 1.65 bits per heavy atom. The number of piperazine rings is 1. The van der Waals surface area contributed by atoms with Gasteiger partial charge in [-0.2, -0.15) is 0 Å². The number of nitrogens with zero attached hydrogens (tertiary/aromatic N) is 4. The second kappa shape index (κ2) is 9.95. The molecule has 5 rings (SSSR count). The molecule has 0 N–H and O–H groups in total. The summed E-state index contributed by atoms with van der Waals surface area (Å²) in [4.78, 5) is 48.5. The Balaban J connectivity index is 1.22. The van der Waals surface area contributed by atoms with Gasteiger partial charge in [0.1, 0.15) is 0 Å². The van der Waals surface area contributed by atoms with Gasteiger partial charge in [0, 0.05) is 45.0 Å². The molecule has 178 valence electrons. The van der Waals surface area contributed by atoms with Crippen molar-refractivity contribution in [3.63, 3.8) is 0 Å². The number of anilines is 1. The first-order valence-corrected chi connectivity index (χ1v) is 12.5. The van der Waals surface area contributed by atoms with E-state index in [2.05, 4.69) is 9.88 Å². The zero-order valence-electron chi connectivity index (χ0n) is 19.6. The van der Waals surface area contributed by atoms with Gasteiger partial charge < -0.3 is 9.80 Å². The van der Waals surface area contributed by atoms with E-state index in [9.17, 15) is 14.4 Å². The van der Waals surface area contributed by atoms with E-state index in [0.717, 1.165) is 17.7 Å². The van der Waals surface area contributed by atoms with Crippen molar-refractivity contribution in [3.05, 3.63) is 59.4 Å². The lowest BCUT2D eigenvalue weighted by Gasteiger charge is -2.37. The van der Waals surface area contributed by atoms with Crippen LogP contribution in [0.4, 0.5) is 5.69 Å². The summed E-state index contributed by atoms with van der Waals surface area (Å²) in [6, 6.07) is 9.12. The summed E-state index contributed by atoms with van der Waals surface area (Å²) in [7, 11) is 0. The molecule has 2 aliphatic heterocycles. The molecule has 0 unspecified atom stereocenters. The summed E-state index contributed by atoms with van der Waals surface area (Å²) in [5.74, 6) is 0.455. The van der Waals surface area contributed by atoms with Gasteiger partial charge in [0.25, 0.3) is 11.8 Å². The first kappa shape index (κ1) is 22.6. The van der Waals surface area contributed by atoms with Crippen LogP contribution in [-0.2, 0) is 11.3 Å². The number of hydrogen-bond donors (Lipinski definition) is 0. The lowest BCUT2D eigenvalue weighted by Crippen LogP contribution is -2.49. The van der Waals surface area contributed by atoms with Crippen LogP contribution in [0.25, 0.3) is 0 Å². The molecule has 1 saturated carbocycles. The van der Waals surface area contributed by atoms with Crippen molar-refractivity contribution in [3.8, 4) is 0 Å². The zero-order valence-corrected chi connectivity index (χ0v) is 19.6. The van der Waals surface area contributed by atoms with Crippen LogP contribution in [-0.4, -0.2) is 58.7 Å². The van der Waals surface area contributed by atoms with Crippen LogP contribution in [0.3, 0.4) is 0 Å². The Bertz CT molecular complexity index is 1060. The molecule has 2 fully saturated rings. The molecule has 1 aliphatic carbocycles. The standard InChI is InChI=1S/C27H32N4O3/c32-24(10-9-20-5-2-1-3-6-20)30-17-15-29(16-18-30)23-8-4-7-22-25(23)27(34)31(26(22)33)19-21-11-13-28-14-12-21/h4,7-8,11-14,20H,1-3,5-6,9-10,15-19H2. The minimum Gasteiger partial charge on any atom is -0.367 e. The van der Waals surface area contributed by atoms with Gasteiger partial charge in [-0.1, -0.05) is 38.2 Å². The van der Waals surface area contributed by atoms with Crippen molar-refractivity contribution in [1.29, 1.82) is 0 Å². The van der Waals surface area contributed by atoms with Crippen molar-refractivity contribution in [2.24, 2.45) is 5.92 Å². The third-order valence-electron chi connectivity index (χ3n) is 7.53. The van der Waals surface area contributed by atoms with E-state index in [1.807, 2.05) is 29.2 Å². The number of fused-ring (bicyclic) bond motifs is 1. The van der Waals surface area contributed by atoms with Crippen LogP contribution >= 0.6 is 0 Å². The number of carbonyl (C=O) groups excluding carboxylic acids is 3. The van der Waals surface area contributed by atoms with Crippen LogP contribution in [0.2, 0.25) is 0 Å². The zero-order chi connectivity index (χ0) is 23.5. The highest BCUT2D eigenvalue weighted by Crippen LogP contribution is 2.33. The molecule has 3 aliphatic rings. The molecule has 1 aromatic carbocycles. The minimum absolute atomic E-state index is 0.234. The van der Waals surface area contributed by atoms with Crippen LogP contribution in [0.1, 0.15) is 71.2 Å². The molecule has 1 aromatic heterocycles. The molecule has 0 radical (unpaired) electrons. The average molecular weight is 461 g/mol. The highest BCUT2D eigenvalue weighted by Gasteiger charge is 2.39. The maximum absolute atomic E-state index is 13.3. The summed E-state index contributed by atoms with van der Waals surface area (Å²) in [5.41, 5.74) is 2.61. The minimum atomic E-state index is -0.254.